The molecular formula is C12H20N2O3. The number of piperidine rings is 1. The fraction of sp³-hybridized carbons (Fsp3) is 0.667. The van der Waals surface area contributed by atoms with Crippen molar-refractivity contribution < 1.29 is 14.7 Å². The SMILES string of the molecule is C=C(C)CNC(=O)N1CCCCC1CC(=O)O. The minimum atomic E-state index is -0.852. The summed E-state index contributed by atoms with van der Waals surface area (Å²) in [4.78, 5) is 24.2. The van der Waals surface area contributed by atoms with Crippen molar-refractivity contribution in [3.8, 4) is 0 Å². The highest BCUT2D eigenvalue weighted by atomic mass is 16.4. The Morgan fingerprint density at radius 3 is 2.76 bits per heavy atom. The topological polar surface area (TPSA) is 69.6 Å². The van der Waals surface area contributed by atoms with Crippen LogP contribution in [0.15, 0.2) is 12.2 Å². The first-order chi connectivity index (χ1) is 8.00. The van der Waals surface area contributed by atoms with Crippen LogP contribution in [0.4, 0.5) is 4.79 Å². The fourth-order valence-corrected chi connectivity index (χ4v) is 2.01. The van der Waals surface area contributed by atoms with Gasteiger partial charge in [-0.3, -0.25) is 4.79 Å². The molecule has 0 bridgehead atoms. The van der Waals surface area contributed by atoms with Crippen molar-refractivity contribution >= 4 is 12.0 Å². The molecule has 2 N–H and O–H groups in total. The van der Waals surface area contributed by atoms with Gasteiger partial charge in [0.2, 0.25) is 0 Å². The van der Waals surface area contributed by atoms with E-state index in [-0.39, 0.29) is 18.5 Å². The van der Waals surface area contributed by atoms with E-state index < -0.39 is 5.97 Å². The standard InChI is InChI=1S/C12H20N2O3/c1-9(2)8-13-12(17)14-6-4-3-5-10(14)7-11(15)16/h10H,1,3-8H2,2H3,(H,13,17)(H,15,16). The number of hydrogen-bond donors (Lipinski definition) is 2. The van der Waals surface area contributed by atoms with Gasteiger partial charge in [-0.2, -0.15) is 0 Å². The average Bonchev–Trinajstić information content (AvgIpc) is 2.25. The molecular weight excluding hydrogens is 220 g/mol. The van der Waals surface area contributed by atoms with Gasteiger partial charge in [0, 0.05) is 19.1 Å². The predicted octanol–water partition coefficient (Wildman–Crippen LogP) is 1.60. The third-order valence-electron chi connectivity index (χ3n) is 2.84. The first-order valence-electron chi connectivity index (χ1n) is 5.91. The summed E-state index contributed by atoms with van der Waals surface area (Å²) in [5.41, 5.74) is 0.880. The molecule has 0 aliphatic carbocycles. The van der Waals surface area contributed by atoms with Crippen LogP contribution < -0.4 is 5.32 Å². The maximum absolute atomic E-state index is 11.9. The van der Waals surface area contributed by atoms with Gasteiger partial charge in [-0.05, 0) is 26.2 Å². The Labute approximate surface area is 101 Å². The fourth-order valence-electron chi connectivity index (χ4n) is 2.01. The summed E-state index contributed by atoms with van der Waals surface area (Å²) in [6, 6.07) is -0.356. The Kier molecular flexibility index (Phi) is 5.00. The smallest absolute Gasteiger partial charge is 0.317 e. The Balaban J connectivity index is 2.54. The lowest BCUT2D eigenvalue weighted by molar-refractivity contribution is -0.138. The van der Waals surface area contributed by atoms with Crippen LogP contribution in [-0.4, -0.2) is 41.1 Å². The van der Waals surface area contributed by atoms with Crippen molar-refractivity contribution in [3.05, 3.63) is 12.2 Å². The summed E-state index contributed by atoms with van der Waals surface area (Å²) in [6.07, 6.45) is 2.73. The van der Waals surface area contributed by atoms with Crippen LogP contribution in [0.25, 0.3) is 0 Å². The first kappa shape index (κ1) is 13.5. The number of carboxylic acid groups (broad SMARTS) is 1. The van der Waals surface area contributed by atoms with Crippen LogP contribution in [0.1, 0.15) is 32.6 Å². The Morgan fingerprint density at radius 1 is 1.47 bits per heavy atom. The molecule has 0 saturated carbocycles. The van der Waals surface area contributed by atoms with Crippen molar-refractivity contribution in [1.29, 1.82) is 0 Å². The second kappa shape index (κ2) is 6.27. The van der Waals surface area contributed by atoms with Crippen molar-refractivity contribution in [2.45, 2.75) is 38.6 Å². The van der Waals surface area contributed by atoms with E-state index in [1.54, 1.807) is 4.90 Å². The summed E-state index contributed by atoms with van der Waals surface area (Å²) in [5, 5.41) is 11.6. The molecule has 0 spiro atoms. The van der Waals surface area contributed by atoms with E-state index >= 15 is 0 Å². The van der Waals surface area contributed by atoms with E-state index in [0.717, 1.165) is 24.8 Å². The molecule has 0 aromatic rings. The molecule has 1 aliphatic heterocycles. The highest BCUT2D eigenvalue weighted by molar-refractivity contribution is 5.76. The lowest BCUT2D eigenvalue weighted by atomic mass is 10.00. The van der Waals surface area contributed by atoms with Gasteiger partial charge in [-0.25, -0.2) is 4.79 Å². The molecule has 1 rings (SSSR count). The molecule has 0 aromatic carbocycles. The highest BCUT2D eigenvalue weighted by Gasteiger charge is 2.28. The number of aliphatic carboxylic acids is 1. The second-order valence-electron chi connectivity index (χ2n) is 4.56. The molecule has 1 atom stereocenters. The van der Waals surface area contributed by atoms with Crippen LogP contribution in [0.3, 0.4) is 0 Å². The maximum Gasteiger partial charge on any atom is 0.317 e. The van der Waals surface area contributed by atoms with Crippen LogP contribution in [-0.2, 0) is 4.79 Å². The molecule has 0 radical (unpaired) electrons. The number of carbonyl (C=O) groups excluding carboxylic acids is 1. The Bertz CT molecular complexity index is 315. The minimum Gasteiger partial charge on any atom is -0.481 e. The van der Waals surface area contributed by atoms with Crippen LogP contribution in [0, 0.1) is 0 Å². The molecule has 1 saturated heterocycles. The molecule has 17 heavy (non-hydrogen) atoms. The number of urea groups is 1. The normalized spacial score (nSPS) is 19.8. The van der Waals surface area contributed by atoms with E-state index in [4.69, 9.17) is 5.11 Å². The number of carbonyl (C=O) groups is 2. The van der Waals surface area contributed by atoms with E-state index in [0.29, 0.717) is 13.1 Å². The number of nitrogens with one attached hydrogen (secondary N) is 1. The van der Waals surface area contributed by atoms with Gasteiger partial charge in [0.1, 0.15) is 0 Å². The Morgan fingerprint density at radius 2 is 2.18 bits per heavy atom. The van der Waals surface area contributed by atoms with Gasteiger partial charge < -0.3 is 15.3 Å². The van der Waals surface area contributed by atoms with Crippen molar-refractivity contribution in [2.24, 2.45) is 0 Å². The van der Waals surface area contributed by atoms with Gasteiger partial charge in [-0.1, -0.05) is 12.2 Å². The summed E-state index contributed by atoms with van der Waals surface area (Å²) < 4.78 is 0. The quantitative estimate of drug-likeness (QED) is 0.733. The Hall–Kier alpha value is -1.52. The van der Waals surface area contributed by atoms with Crippen molar-refractivity contribution in [2.75, 3.05) is 13.1 Å². The van der Waals surface area contributed by atoms with E-state index in [1.165, 1.54) is 0 Å². The van der Waals surface area contributed by atoms with E-state index in [1.807, 2.05) is 6.92 Å². The van der Waals surface area contributed by atoms with Gasteiger partial charge in [0.25, 0.3) is 0 Å². The van der Waals surface area contributed by atoms with Crippen LogP contribution >= 0.6 is 0 Å². The van der Waals surface area contributed by atoms with Gasteiger partial charge in [0.05, 0.1) is 6.42 Å². The van der Waals surface area contributed by atoms with Crippen molar-refractivity contribution in [3.63, 3.8) is 0 Å². The van der Waals surface area contributed by atoms with Crippen LogP contribution in [0.5, 0.6) is 0 Å². The molecule has 0 aromatic heterocycles. The number of amides is 2. The first-order valence-corrected chi connectivity index (χ1v) is 5.91. The zero-order valence-electron chi connectivity index (χ0n) is 10.2. The van der Waals surface area contributed by atoms with Gasteiger partial charge in [0.15, 0.2) is 0 Å². The zero-order valence-corrected chi connectivity index (χ0v) is 10.2. The molecule has 1 heterocycles. The molecule has 96 valence electrons. The van der Waals surface area contributed by atoms with Gasteiger partial charge in [-0.15, -0.1) is 0 Å². The van der Waals surface area contributed by atoms with Crippen LogP contribution in [0.2, 0.25) is 0 Å². The molecule has 1 fully saturated rings. The monoisotopic (exact) mass is 240 g/mol. The van der Waals surface area contributed by atoms with Crippen molar-refractivity contribution in [1.82, 2.24) is 10.2 Å². The molecule has 2 amide bonds. The largest absolute Gasteiger partial charge is 0.481 e. The highest BCUT2D eigenvalue weighted by Crippen LogP contribution is 2.19. The van der Waals surface area contributed by atoms with E-state index in [9.17, 15) is 9.59 Å². The number of rotatable bonds is 4. The number of likely N-dealkylation sites (tertiary alicyclic amines) is 1. The molecule has 5 nitrogen and oxygen atoms in total. The molecule has 1 aliphatic rings. The number of nitrogens with zero attached hydrogens (tertiary/aromatic N) is 1. The second-order valence-corrected chi connectivity index (χ2v) is 4.56. The lowest BCUT2D eigenvalue weighted by Crippen LogP contribution is -2.49. The lowest BCUT2D eigenvalue weighted by Gasteiger charge is -2.34. The zero-order chi connectivity index (χ0) is 12.8. The summed E-state index contributed by atoms with van der Waals surface area (Å²) in [6.45, 7) is 6.63. The third kappa shape index (κ3) is 4.46. The average molecular weight is 240 g/mol. The third-order valence-corrected chi connectivity index (χ3v) is 2.84. The number of carboxylic acids is 1. The molecule has 5 heteroatoms. The summed E-state index contributed by atoms with van der Waals surface area (Å²) in [5.74, 6) is -0.852. The minimum absolute atomic E-state index is 0.0283. The predicted molar refractivity (Wildman–Crippen MR) is 64.8 cm³/mol. The maximum atomic E-state index is 11.9. The summed E-state index contributed by atoms with van der Waals surface area (Å²) in [7, 11) is 0. The van der Waals surface area contributed by atoms with E-state index in [2.05, 4.69) is 11.9 Å². The summed E-state index contributed by atoms with van der Waals surface area (Å²) >= 11 is 0. The molecule has 1 unspecified atom stereocenters. The number of hydrogen-bond acceptors (Lipinski definition) is 2. The van der Waals surface area contributed by atoms with Gasteiger partial charge >= 0.3 is 12.0 Å².